The summed E-state index contributed by atoms with van der Waals surface area (Å²) < 4.78 is 19.5. The third-order valence-electron chi connectivity index (χ3n) is 4.83. The molecular weight excluding hydrogens is 494 g/mol. The predicted molar refractivity (Wildman–Crippen MR) is 121 cm³/mol. The Balaban J connectivity index is 0.00000280. The van der Waals surface area contributed by atoms with Crippen LogP contribution in [0.1, 0.15) is 55.7 Å². The zero-order valence-electron chi connectivity index (χ0n) is 16.4. The van der Waals surface area contributed by atoms with E-state index in [1.165, 1.54) is 6.07 Å². The van der Waals surface area contributed by atoms with Gasteiger partial charge in [0.15, 0.2) is 5.96 Å². The van der Waals surface area contributed by atoms with Crippen LogP contribution in [0.15, 0.2) is 27.7 Å². The van der Waals surface area contributed by atoms with Crippen molar-refractivity contribution in [2.24, 2.45) is 4.99 Å². The van der Waals surface area contributed by atoms with Crippen molar-refractivity contribution in [1.82, 2.24) is 15.8 Å². The second kappa shape index (κ2) is 10.4. The first-order valence-corrected chi connectivity index (χ1v) is 9.91. The molecule has 0 spiro atoms. The number of aromatic nitrogens is 1. The fourth-order valence-electron chi connectivity index (χ4n) is 3.31. The standard InChI is InChI=1S/C20H26ClFN4O.HI/c1-4-16-13(18(5-2)27-26-16)11-24-20(23-6-3)25-17-10-12(17)19-14(21)8-7-9-15(19)22;/h7-9,12,17H,4-6,10-11H2,1-3H3,(H2,23,24,25);1H. The fraction of sp³-hybridized carbons (Fsp3) is 0.500. The lowest BCUT2D eigenvalue weighted by molar-refractivity contribution is 0.380. The van der Waals surface area contributed by atoms with Crippen LogP contribution >= 0.6 is 35.6 Å². The van der Waals surface area contributed by atoms with E-state index in [-0.39, 0.29) is 41.8 Å². The maximum absolute atomic E-state index is 14.1. The summed E-state index contributed by atoms with van der Waals surface area (Å²) in [5, 5.41) is 11.3. The molecule has 1 aromatic heterocycles. The molecule has 1 aliphatic carbocycles. The van der Waals surface area contributed by atoms with Crippen molar-refractivity contribution in [3.8, 4) is 0 Å². The van der Waals surface area contributed by atoms with Gasteiger partial charge in [-0.1, -0.05) is 36.7 Å². The van der Waals surface area contributed by atoms with Gasteiger partial charge >= 0.3 is 0 Å². The smallest absolute Gasteiger partial charge is 0.191 e. The molecular formula is C20H27ClFIN4O. The minimum absolute atomic E-state index is 0. The number of guanidine groups is 1. The van der Waals surface area contributed by atoms with Crippen LogP contribution < -0.4 is 10.6 Å². The summed E-state index contributed by atoms with van der Waals surface area (Å²) >= 11 is 6.19. The van der Waals surface area contributed by atoms with E-state index >= 15 is 0 Å². The van der Waals surface area contributed by atoms with Gasteiger partial charge in [-0.15, -0.1) is 24.0 Å². The largest absolute Gasteiger partial charge is 0.361 e. The van der Waals surface area contributed by atoms with Gasteiger partial charge in [0.05, 0.1) is 12.2 Å². The highest BCUT2D eigenvalue weighted by Gasteiger charge is 2.41. The van der Waals surface area contributed by atoms with Gasteiger partial charge in [0, 0.05) is 41.1 Å². The summed E-state index contributed by atoms with van der Waals surface area (Å²) in [5.41, 5.74) is 2.60. The molecule has 2 N–H and O–H groups in total. The van der Waals surface area contributed by atoms with Gasteiger partial charge in [-0.05, 0) is 31.9 Å². The molecule has 1 fully saturated rings. The molecule has 1 heterocycles. The van der Waals surface area contributed by atoms with Crippen molar-refractivity contribution < 1.29 is 8.91 Å². The van der Waals surface area contributed by atoms with Gasteiger partial charge in [0.1, 0.15) is 11.6 Å². The first-order chi connectivity index (χ1) is 13.1. The minimum atomic E-state index is -0.247. The summed E-state index contributed by atoms with van der Waals surface area (Å²) in [6.07, 6.45) is 2.44. The molecule has 1 saturated carbocycles. The third kappa shape index (κ3) is 5.17. The summed E-state index contributed by atoms with van der Waals surface area (Å²) in [4.78, 5) is 4.69. The van der Waals surface area contributed by atoms with E-state index in [1.807, 2.05) is 13.8 Å². The number of hydrogen-bond acceptors (Lipinski definition) is 3. The van der Waals surface area contributed by atoms with Crippen molar-refractivity contribution in [1.29, 1.82) is 0 Å². The van der Waals surface area contributed by atoms with Gasteiger partial charge < -0.3 is 15.2 Å². The topological polar surface area (TPSA) is 62.5 Å². The van der Waals surface area contributed by atoms with Gasteiger partial charge in [0.25, 0.3) is 0 Å². The number of halogens is 3. The summed E-state index contributed by atoms with van der Waals surface area (Å²) in [5.74, 6) is 1.41. The highest BCUT2D eigenvalue weighted by atomic mass is 127. The van der Waals surface area contributed by atoms with Gasteiger partial charge in [-0.3, -0.25) is 0 Å². The normalized spacial score (nSPS) is 18.5. The molecule has 0 bridgehead atoms. The molecule has 0 amide bonds. The van der Waals surface area contributed by atoms with E-state index in [4.69, 9.17) is 21.1 Å². The number of hydrogen-bond donors (Lipinski definition) is 2. The van der Waals surface area contributed by atoms with E-state index < -0.39 is 0 Å². The number of rotatable bonds is 7. The van der Waals surface area contributed by atoms with Crippen molar-refractivity contribution in [2.75, 3.05) is 6.54 Å². The van der Waals surface area contributed by atoms with Crippen LogP contribution in [0.3, 0.4) is 0 Å². The maximum atomic E-state index is 14.1. The molecule has 2 unspecified atom stereocenters. The fourth-order valence-corrected chi connectivity index (χ4v) is 3.61. The molecule has 2 aromatic rings. The Bertz CT molecular complexity index is 785. The van der Waals surface area contributed by atoms with Crippen molar-refractivity contribution in [2.45, 2.75) is 58.5 Å². The Hall–Kier alpha value is -1.35. The third-order valence-corrected chi connectivity index (χ3v) is 5.16. The Labute approximate surface area is 187 Å². The quantitative estimate of drug-likeness (QED) is 0.312. The SMILES string of the molecule is CCNC(=NCc1c(CC)noc1CC)NC1CC1c1c(F)cccc1Cl.I. The van der Waals surface area contributed by atoms with E-state index in [1.54, 1.807) is 12.1 Å². The van der Waals surface area contributed by atoms with Crippen LogP contribution in [0.2, 0.25) is 5.02 Å². The average molecular weight is 521 g/mol. The molecule has 1 aromatic carbocycles. The molecule has 8 heteroatoms. The van der Waals surface area contributed by atoms with Crippen molar-refractivity contribution in [3.63, 3.8) is 0 Å². The Morgan fingerprint density at radius 2 is 2.11 bits per heavy atom. The lowest BCUT2D eigenvalue weighted by Gasteiger charge is -2.12. The molecule has 0 aliphatic heterocycles. The molecule has 1 aliphatic rings. The number of nitrogens with zero attached hydrogens (tertiary/aromatic N) is 2. The lowest BCUT2D eigenvalue weighted by Crippen LogP contribution is -2.39. The molecule has 28 heavy (non-hydrogen) atoms. The highest BCUT2D eigenvalue weighted by Crippen LogP contribution is 2.44. The van der Waals surface area contributed by atoms with Crippen LogP contribution in [0.4, 0.5) is 4.39 Å². The number of benzene rings is 1. The van der Waals surface area contributed by atoms with Crippen LogP contribution in [-0.4, -0.2) is 23.7 Å². The predicted octanol–water partition coefficient (Wildman–Crippen LogP) is 4.82. The molecule has 0 saturated heterocycles. The number of aliphatic imine (C=N–C) groups is 1. The number of nitrogens with one attached hydrogen (secondary N) is 2. The van der Waals surface area contributed by atoms with Gasteiger partial charge in [-0.2, -0.15) is 0 Å². The van der Waals surface area contributed by atoms with Crippen LogP contribution in [0, 0.1) is 5.82 Å². The minimum Gasteiger partial charge on any atom is -0.361 e. The second-order valence-corrected chi connectivity index (χ2v) is 7.07. The van der Waals surface area contributed by atoms with Crippen LogP contribution in [0.25, 0.3) is 0 Å². The zero-order valence-corrected chi connectivity index (χ0v) is 19.5. The Morgan fingerprint density at radius 3 is 2.75 bits per heavy atom. The molecule has 2 atom stereocenters. The van der Waals surface area contributed by atoms with E-state index in [9.17, 15) is 4.39 Å². The van der Waals surface area contributed by atoms with Crippen molar-refractivity contribution in [3.05, 3.63) is 51.6 Å². The highest BCUT2D eigenvalue weighted by molar-refractivity contribution is 14.0. The summed E-state index contributed by atoms with van der Waals surface area (Å²) in [6, 6.07) is 4.95. The average Bonchev–Trinajstić information content (AvgIpc) is 3.27. The van der Waals surface area contributed by atoms with Crippen LogP contribution in [-0.2, 0) is 19.4 Å². The van der Waals surface area contributed by atoms with E-state index in [2.05, 4.69) is 22.7 Å². The summed E-state index contributed by atoms with van der Waals surface area (Å²) in [7, 11) is 0. The molecule has 5 nitrogen and oxygen atoms in total. The van der Waals surface area contributed by atoms with Gasteiger partial charge in [0.2, 0.25) is 0 Å². The molecule has 154 valence electrons. The maximum Gasteiger partial charge on any atom is 0.191 e. The Kier molecular flexibility index (Phi) is 8.55. The van der Waals surface area contributed by atoms with Gasteiger partial charge in [-0.25, -0.2) is 9.38 Å². The monoisotopic (exact) mass is 520 g/mol. The second-order valence-electron chi connectivity index (χ2n) is 6.66. The van der Waals surface area contributed by atoms with E-state index in [0.29, 0.717) is 23.1 Å². The molecule has 0 radical (unpaired) electrons. The first kappa shape index (κ1) is 22.9. The lowest BCUT2D eigenvalue weighted by atomic mass is 10.1. The Morgan fingerprint density at radius 1 is 1.32 bits per heavy atom. The zero-order chi connectivity index (χ0) is 19.4. The number of aryl methyl sites for hydroxylation is 2. The summed E-state index contributed by atoms with van der Waals surface area (Å²) in [6.45, 7) is 7.37. The van der Waals surface area contributed by atoms with Crippen molar-refractivity contribution >= 4 is 41.5 Å². The molecule has 3 rings (SSSR count). The van der Waals surface area contributed by atoms with E-state index in [0.717, 1.165) is 42.8 Å². The first-order valence-electron chi connectivity index (χ1n) is 9.53. The van der Waals surface area contributed by atoms with Crippen LogP contribution in [0.5, 0.6) is 0 Å².